The predicted octanol–water partition coefficient (Wildman–Crippen LogP) is 0.527. The van der Waals surface area contributed by atoms with E-state index in [9.17, 15) is 4.79 Å². The summed E-state index contributed by atoms with van der Waals surface area (Å²) >= 11 is 0. The zero-order chi connectivity index (χ0) is 6.69. The van der Waals surface area contributed by atoms with E-state index in [-0.39, 0.29) is 0 Å². The standard InChI is InChI=1S/C7H13NO/c1-8(4-5-9)6-7-2-3-7/h5,7H,2-4,6H2,1H3. The topological polar surface area (TPSA) is 20.3 Å². The van der Waals surface area contributed by atoms with Crippen molar-refractivity contribution < 1.29 is 4.79 Å². The Morgan fingerprint density at radius 1 is 1.67 bits per heavy atom. The van der Waals surface area contributed by atoms with Crippen LogP contribution in [0.5, 0.6) is 0 Å². The first-order chi connectivity index (χ1) is 4.33. The van der Waals surface area contributed by atoms with Gasteiger partial charge in [-0.1, -0.05) is 0 Å². The summed E-state index contributed by atoms with van der Waals surface area (Å²) in [5, 5.41) is 0. The minimum absolute atomic E-state index is 0.594. The highest BCUT2D eigenvalue weighted by Gasteiger charge is 2.22. The van der Waals surface area contributed by atoms with Crippen molar-refractivity contribution in [1.29, 1.82) is 0 Å². The molecule has 9 heavy (non-hydrogen) atoms. The summed E-state index contributed by atoms with van der Waals surface area (Å²) in [6.45, 7) is 1.70. The molecular weight excluding hydrogens is 114 g/mol. The Balaban J connectivity index is 2.01. The van der Waals surface area contributed by atoms with Gasteiger partial charge in [0.2, 0.25) is 0 Å². The maximum Gasteiger partial charge on any atom is 0.133 e. The van der Waals surface area contributed by atoms with Crippen LogP contribution < -0.4 is 0 Å². The maximum absolute atomic E-state index is 9.98. The molecule has 1 aliphatic rings. The molecule has 1 fully saturated rings. The van der Waals surface area contributed by atoms with Crippen LogP contribution in [-0.4, -0.2) is 31.3 Å². The van der Waals surface area contributed by atoms with Crippen molar-refractivity contribution >= 4 is 6.29 Å². The van der Waals surface area contributed by atoms with E-state index in [1.165, 1.54) is 12.8 Å². The van der Waals surface area contributed by atoms with Crippen molar-refractivity contribution in [1.82, 2.24) is 4.90 Å². The summed E-state index contributed by atoms with van der Waals surface area (Å²) < 4.78 is 0. The van der Waals surface area contributed by atoms with Gasteiger partial charge in [0.1, 0.15) is 6.29 Å². The van der Waals surface area contributed by atoms with Gasteiger partial charge in [0.15, 0.2) is 0 Å². The number of hydrogen-bond donors (Lipinski definition) is 0. The van der Waals surface area contributed by atoms with Gasteiger partial charge in [0.25, 0.3) is 0 Å². The van der Waals surface area contributed by atoms with E-state index in [0.29, 0.717) is 6.54 Å². The Labute approximate surface area is 55.8 Å². The zero-order valence-corrected chi connectivity index (χ0v) is 5.84. The Hall–Kier alpha value is -0.370. The second kappa shape index (κ2) is 2.97. The van der Waals surface area contributed by atoms with Crippen LogP contribution in [-0.2, 0) is 4.79 Å². The number of aldehydes is 1. The van der Waals surface area contributed by atoms with E-state index in [1.54, 1.807) is 0 Å². The molecule has 0 unspecified atom stereocenters. The highest BCUT2D eigenvalue weighted by Crippen LogP contribution is 2.28. The SMILES string of the molecule is CN(CC=O)CC1CC1. The molecule has 1 aliphatic carbocycles. The normalized spacial score (nSPS) is 18.4. The van der Waals surface area contributed by atoms with Crippen LogP contribution in [0.4, 0.5) is 0 Å². The van der Waals surface area contributed by atoms with Crippen LogP contribution in [0, 0.1) is 5.92 Å². The number of likely N-dealkylation sites (N-methyl/N-ethyl adjacent to an activating group) is 1. The van der Waals surface area contributed by atoms with Crippen molar-refractivity contribution in [2.24, 2.45) is 5.92 Å². The average molecular weight is 127 g/mol. The molecule has 2 nitrogen and oxygen atoms in total. The second-order valence-electron chi connectivity index (χ2n) is 2.83. The molecule has 0 amide bonds. The van der Waals surface area contributed by atoms with Crippen LogP contribution >= 0.6 is 0 Å². The van der Waals surface area contributed by atoms with Gasteiger partial charge in [-0.2, -0.15) is 0 Å². The van der Waals surface area contributed by atoms with Crippen LogP contribution in [0.25, 0.3) is 0 Å². The van der Waals surface area contributed by atoms with E-state index in [0.717, 1.165) is 18.7 Å². The molecule has 0 atom stereocenters. The quantitative estimate of drug-likeness (QED) is 0.513. The molecule has 0 aliphatic heterocycles. The Kier molecular flexibility index (Phi) is 2.22. The lowest BCUT2D eigenvalue weighted by atomic mass is 10.4. The maximum atomic E-state index is 9.98. The summed E-state index contributed by atoms with van der Waals surface area (Å²) in [5.41, 5.74) is 0. The van der Waals surface area contributed by atoms with Gasteiger partial charge < -0.3 is 4.79 Å². The lowest BCUT2D eigenvalue weighted by Crippen LogP contribution is -2.22. The highest BCUT2D eigenvalue weighted by molar-refractivity contribution is 5.51. The molecule has 0 N–H and O–H groups in total. The van der Waals surface area contributed by atoms with Gasteiger partial charge in [-0.25, -0.2) is 0 Å². The molecule has 0 aromatic rings. The summed E-state index contributed by atoms with van der Waals surface area (Å²) in [5.74, 6) is 0.898. The molecular formula is C7H13NO. The molecule has 0 aromatic carbocycles. The van der Waals surface area contributed by atoms with Crippen LogP contribution in [0.2, 0.25) is 0 Å². The number of carbonyl (C=O) groups excluding carboxylic acids is 1. The Bertz CT molecular complexity index is 99.1. The van der Waals surface area contributed by atoms with Crippen molar-refractivity contribution in [3.63, 3.8) is 0 Å². The minimum Gasteiger partial charge on any atom is -0.302 e. The molecule has 52 valence electrons. The second-order valence-corrected chi connectivity index (χ2v) is 2.83. The molecule has 1 saturated carbocycles. The Morgan fingerprint density at radius 3 is 2.78 bits per heavy atom. The predicted molar refractivity (Wildman–Crippen MR) is 36.3 cm³/mol. The first-order valence-electron chi connectivity index (χ1n) is 3.45. The van der Waals surface area contributed by atoms with Gasteiger partial charge in [-0.05, 0) is 25.8 Å². The first kappa shape index (κ1) is 6.75. The molecule has 0 saturated heterocycles. The summed E-state index contributed by atoms with van der Waals surface area (Å²) in [6.07, 6.45) is 3.69. The third-order valence-electron chi connectivity index (χ3n) is 1.65. The smallest absolute Gasteiger partial charge is 0.133 e. The molecule has 0 heterocycles. The monoisotopic (exact) mass is 127 g/mol. The minimum atomic E-state index is 0.594. The van der Waals surface area contributed by atoms with E-state index in [4.69, 9.17) is 0 Å². The molecule has 0 radical (unpaired) electrons. The molecule has 0 aromatic heterocycles. The summed E-state index contributed by atoms with van der Waals surface area (Å²) in [4.78, 5) is 12.0. The van der Waals surface area contributed by atoms with Gasteiger partial charge in [0, 0.05) is 6.54 Å². The van der Waals surface area contributed by atoms with Crippen molar-refractivity contribution in [3.05, 3.63) is 0 Å². The van der Waals surface area contributed by atoms with Crippen molar-refractivity contribution in [3.8, 4) is 0 Å². The first-order valence-corrected chi connectivity index (χ1v) is 3.45. The molecule has 0 bridgehead atoms. The fraction of sp³-hybridized carbons (Fsp3) is 0.857. The van der Waals surface area contributed by atoms with E-state index >= 15 is 0 Å². The lowest BCUT2D eigenvalue weighted by Gasteiger charge is -2.10. The van der Waals surface area contributed by atoms with Crippen LogP contribution in [0.15, 0.2) is 0 Å². The Morgan fingerprint density at radius 2 is 2.33 bits per heavy atom. The largest absolute Gasteiger partial charge is 0.302 e. The number of rotatable bonds is 4. The van der Waals surface area contributed by atoms with Gasteiger partial charge in [-0.15, -0.1) is 0 Å². The average Bonchev–Trinajstić information content (AvgIpc) is 2.50. The van der Waals surface area contributed by atoms with E-state index in [1.807, 2.05) is 7.05 Å². The summed E-state index contributed by atoms with van der Waals surface area (Å²) in [6, 6.07) is 0. The zero-order valence-electron chi connectivity index (χ0n) is 5.84. The number of carbonyl (C=O) groups is 1. The van der Waals surface area contributed by atoms with E-state index < -0.39 is 0 Å². The molecule has 1 rings (SSSR count). The molecule has 0 spiro atoms. The van der Waals surface area contributed by atoms with Crippen molar-refractivity contribution in [2.75, 3.05) is 20.1 Å². The van der Waals surface area contributed by atoms with E-state index in [2.05, 4.69) is 4.90 Å². The van der Waals surface area contributed by atoms with Gasteiger partial charge in [0.05, 0.1) is 6.54 Å². The van der Waals surface area contributed by atoms with Crippen LogP contribution in [0.1, 0.15) is 12.8 Å². The van der Waals surface area contributed by atoms with Gasteiger partial charge in [-0.3, -0.25) is 4.90 Å². The molecule has 2 heteroatoms. The third-order valence-corrected chi connectivity index (χ3v) is 1.65. The highest BCUT2D eigenvalue weighted by atomic mass is 16.1. The number of nitrogens with zero attached hydrogens (tertiary/aromatic N) is 1. The van der Waals surface area contributed by atoms with Crippen LogP contribution in [0.3, 0.4) is 0 Å². The lowest BCUT2D eigenvalue weighted by molar-refractivity contribution is -0.108. The third kappa shape index (κ3) is 2.61. The van der Waals surface area contributed by atoms with Gasteiger partial charge >= 0.3 is 0 Å². The number of hydrogen-bond acceptors (Lipinski definition) is 2. The summed E-state index contributed by atoms with van der Waals surface area (Å²) in [7, 11) is 1.99. The fourth-order valence-electron chi connectivity index (χ4n) is 0.943. The van der Waals surface area contributed by atoms with Crippen molar-refractivity contribution in [2.45, 2.75) is 12.8 Å². The fourth-order valence-corrected chi connectivity index (χ4v) is 0.943.